The molecule has 0 amide bonds. The largest absolute Gasteiger partial charge is 0.465 e. The number of carbonyl (C=O) groups is 2. The molecule has 0 aromatic carbocycles. The van der Waals surface area contributed by atoms with Crippen LogP contribution in [0.25, 0.3) is 0 Å². The highest BCUT2D eigenvalue weighted by molar-refractivity contribution is 6.01. The van der Waals surface area contributed by atoms with Crippen molar-refractivity contribution in [2.24, 2.45) is 23.2 Å². The van der Waals surface area contributed by atoms with Crippen molar-refractivity contribution in [3.63, 3.8) is 0 Å². The average molecular weight is 282 g/mol. The van der Waals surface area contributed by atoms with Crippen LogP contribution in [0.5, 0.6) is 0 Å². The maximum absolute atomic E-state index is 12.5. The summed E-state index contributed by atoms with van der Waals surface area (Å²) in [7, 11) is 0. The molecule has 2 saturated carbocycles. The molecular formula is C15H22O5. The summed E-state index contributed by atoms with van der Waals surface area (Å²) in [5, 5.41) is 0. The number of hydrogen-bond donors (Lipinski definition) is 0. The van der Waals surface area contributed by atoms with Gasteiger partial charge in [0.2, 0.25) is 0 Å². The van der Waals surface area contributed by atoms with Crippen molar-refractivity contribution in [1.29, 1.82) is 0 Å². The van der Waals surface area contributed by atoms with Gasteiger partial charge in [-0.05, 0) is 50.9 Å². The van der Waals surface area contributed by atoms with Crippen molar-refractivity contribution in [2.45, 2.75) is 39.2 Å². The van der Waals surface area contributed by atoms with E-state index in [0.717, 1.165) is 12.8 Å². The van der Waals surface area contributed by atoms with Gasteiger partial charge in [-0.25, -0.2) is 0 Å². The van der Waals surface area contributed by atoms with Crippen molar-refractivity contribution >= 4 is 11.9 Å². The van der Waals surface area contributed by atoms with Crippen molar-refractivity contribution < 1.29 is 23.8 Å². The maximum Gasteiger partial charge on any atom is 0.323 e. The van der Waals surface area contributed by atoms with E-state index in [-0.39, 0.29) is 12.0 Å². The first kappa shape index (κ1) is 13.9. The Hall–Kier alpha value is -1.10. The van der Waals surface area contributed by atoms with Crippen LogP contribution in [-0.2, 0) is 23.8 Å². The van der Waals surface area contributed by atoms with E-state index in [1.54, 1.807) is 13.8 Å². The van der Waals surface area contributed by atoms with Gasteiger partial charge in [-0.15, -0.1) is 0 Å². The molecular weight excluding hydrogens is 260 g/mol. The van der Waals surface area contributed by atoms with Crippen LogP contribution >= 0.6 is 0 Å². The Morgan fingerprint density at radius 3 is 2.40 bits per heavy atom. The fourth-order valence-corrected chi connectivity index (χ4v) is 4.58. The number of ether oxygens (including phenoxy) is 3. The molecule has 5 heteroatoms. The third-order valence-corrected chi connectivity index (χ3v) is 5.22. The minimum Gasteiger partial charge on any atom is -0.465 e. The second kappa shape index (κ2) is 5.02. The van der Waals surface area contributed by atoms with E-state index in [4.69, 9.17) is 14.2 Å². The summed E-state index contributed by atoms with van der Waals surface area (Å²) in [6, 6.07) is 0. The minimum atomic E-state index is -1.08. The van der Waals surface area contributed by atoms with Crippen LogP contribution in [0.15, 0.2) is 0 Å². The molecule has 112 valence electrons. The fraction of sp³-hybridized carbons (Fsp3) is 0.867. The predicted molar refractivity (Wildman–Crippen MR) is 69.8 cm³/mol. The molecule has 3 rings (SSSR count). The number of hydrogen-bond acceptors (Lipinski definition) is 5. The van der Waals surface area contributed by atoms with Crippen LogP contribution in [0, 0.1) is 23.2 Å². The lowest BCUT2D eigenvalue weighted by Gasteiger charge is -2.30. The lowest BCUT2D eigenvalue weighted by Crippen LogP contribution is -2.45. The SMILES string of the molecule is CCOC(=O)C1(C(=O)OCC)C[C@@H]2CO[C@@H]3CC[C@H]1[C@H]23. The normalized spacial score (nSPS) is 36.7. The second-order valence-electron chi connectivity index (χ2n) is 6.01. The van der Waals surface area contributed by atoms with E-state index in [0.29, 0.717) is 38.1 Å². The molecule has 0 radical (unpaired) electrons. The van der Waals surface area contributed by atoms with Crippen LogP contribution in [0.4, 0.5) is 0 Å². The molecule has 20 heavy (non-hydrogen) atoms. The van der Waals surface area contributed by atoms with Crippen LogP contribution in [0.3, 0.4) is 0 Å². The third kappa shape index (κ3) is 1.72. The van der Waals surface area contributed by atoms with Crippen LogP contribution in [0.1, 0.15) is 33.1 Å². The standard InChI is InChI=1S/C15H22O5/c1-3-18-13(16)15(14(17)19-4-2)7-9-8-20-11-6-5-10(15)12(9)11/h9-12H,3-8H2,1-2H3/t9-,10+,11-,12+/m1/s1. The Morgan fingerprint density at radius 1 is 1.15 bits per heavy atom. The molecule has 1 heterocycles. The fourth-order valence-electron chi connectivity index (χ4n) is 4.58. The van der Waals surface area contributed by atoms with Gasteiger partial charge in [0, 0.05) is 0 Å². The molecule has 3 aliphatic rings. The molecule has 0 N–H and O–H groups in total. The Morgan fingerprint density at radius 2 is 1.80 bits per heavy atom. The monoisotopic (exact) mass is 282 g/mol. The van der Waals surface area contributed by atoms with Crippen molar-refractivity contribution in [3.05, 3.63) is 0 Å². The summed E-state index contributed by atoms with van der Waals surface area (Å²) in [5.41, 5.74) is -1.08. The summed E-state index contributed by atoms with van der Waals surface area (Å²) < 4.78 is 16.2. The highest BCUT2D eigenvalue weighted by Crippen LogP contribution is 2.61. The van der Waals surface area contributed by atoms with E-state index < -0.39 is 17.4 Å². The van der Waals surface area contributed by atoms with Gasteiger partial charge >= 0.3 is 11.9 Å². The maximum atomic E-state index is 12.5. The first-order chi connectivity index (χ1) is 9.65. The summed E-state index contributed by atoms with van der Waals surface area (Å²) >= 11 is 0. The van der Waals surface area contributed by atoms with Gasteiger partial charge in [-0.2, -0.15) is 0 Å². The molecule has 0 spiro atoms. The zero-order chi connectivity index (χ0) is 14.3. The van der Waals surface area contributed by atoms with Gasteiger partial charge in [0.05, 0.1) is 25.9 Å². The Bertz CT molecular complexity index is 400. The number of rotatable bonds is 4. The summed E-state index contributed by atoms with van der Waals surface area (Å²) in [5.74, 6) is -0.139. The highest BCUT2D eigenvalue weighted by atomic mass is 16.6. The van der Waals surface area contributed by atoms with E-state index in [1.807, 2.05) is 0 Å². The Balaban J connectivity index is 1.95. The molecule has 5 nitrogen and oxygen atoms in total. The quantitative estimate of drug-likeness (QED) is 0.578. The van der Waals surface area contributed by atoms with Crippen molar-refractivity contribution in [1.82, 2.24) is 0 Å². The van der Waals surface area contributed by atoms with E-state index >= 15 is 0 Å². The van der Waals surface area contributed by atoms with Gasteiger partial charge in [0.25, 0.3) is 0 Å². The lowest BCUT2D eigenvalue weighted by atomic mass is 9.75. The van der Waals surface area contributed by atoms with Gasteiger partial charge in [-0.3, -0.25) is 9.59 Å². The van der Waals surface area contributed by atoms with Gasteiger partial charge in [-0.1, -0.05) is 0 Å². The highest BCUT2D eigenvalue weighted by Gasteiger charge is 2.68. The first-order valence-electron chi connectivity index (χ1n) is 7.61. The van der Waals surface area contributed by atoms with Crippen LogP contribution in [-0.4, -0.2) is 37.9 Å². The molecule has 3 fully saturated rings. The molecule has 2 aliphatic carbocycles. The van der Waals surface area contributed by atoms with E-state index in [1.165, 1.54) is 0 Å². The molecule has 0 aromatic heterocycles. The van der Waals surface area contributed by atoms with Crippen LogP contribution < -0.4 is 0 Å². The average Bonchev–Trinajstić information content (AvgIpc) is 3.07. The first-order valence-corrected chi connectivity index (χ1v) is 7.61. The van der Waals surface area contributed by atoms with Crippen LogP contribution in [0.2, 0.25) is 0 Å². The summed E-state index contributed by atoms with van der Waals surface area (Å²) in [4.78, 5) is 25.1. The molecule has 4 atom stereocenters. The molecule has 0 unspecified atom stereocenters. The van der Waals surface area contributed by atoms with Gasteiger partial charge in [0.15, 0.2) is 5.41 Å². The Labute approximate surface area is 118 Å². The molecule has 1 saturated heterocycles. The van der Waals surface area contributed by atoms with Gasteiger partial charge < -0.3 is 14.2 Å². The predicted octanol–water partition coefficient (Wildman–Crippen LogP) is 1.54. The lowest BCUT2D eigenvalue weighted by molar-refractivity contribution is -0.176. The number of esters is 2. The number of carbonyl (C=O) groups excluding carboxylic acids is 2. The van der Waals surface area contributed by atoms with E-state index in [9.17, 15) is 9.59 Å². The van der Waals surface area contributed by atoms with Crippen molar-refractivity contribution in [3.8, 4) is 0 Å². The minimum absolute atomic E-state index is 0.0260. The second-order valence-corrected chi connectivity index (χ2v) is 6.01. The summed E-state index contributed by atoms with van der Waals surface area (Å²) in [6.07, 6.45) is 2.53. The zero-order valence-electron chi connectivity index (χ0n) is 12.1. The Kier molecular flexibility index (Phi) is 3.48. The molecule has 0 aromatic rings. The van der Waals surface area contributed by atoms with Gasteiger partial charge in [0.1, 0.15) is 0 Å². The molecule has 0 bridgehead atoms. The topological polar surface area (TPSA) is 61.8 Å². The smallest absolute Gasteiger partial charge is 0.323 e. The summed E-state index contributed by atoms with van der Waals surface area (Å²) in [6.45, 7) is 4.79. The van der Waals surface area contributed by atoms with Crippen molar-refractivity contribution in [2.75, 3.05) is 19.8 Å². The van der Waals surface area contributed by atoms with E-state index in [2.05, 4.69) is 0 Å². The molecule has 1 aliphatic heterocycles. The zero-order valence-corrected chi connectivity index (χ0v) is 12.1. The third-order valence-electron chi connectivity index (χ3n) is 5.22.